The molecule has 0 radical (unpaired) electrons. The Morgan fingerprint density at radius 1 is 0.970 bits per heavy atom. The van der Waals surface area contributed by atoms with Gasteiger partial charge in [-0.2, -0.15) is 15.0 Å². The molecule has 0 amide bonds. The molecule has 2 aromatic carbocycles. The number of aromatic hydroxyl groups is 1. The lowest BCUT2D eigenvalue weighted by molar-refractivity contribution is 0.311. The predicted octanol–water partition coefficient (Wildman–Crippen LogP) is 2.37. The van der Waals surface area contributed by atoms with Crippen LogP contribution in [0.5, 0.6) is 5.75 Å². The van der Waals surface area contributed by atoms with Crippen LogP contribution in [0.1, 0.15) is 5.56 Å². The molecule has 33 heavy (non-hydrogen) atoms. The van der Waals surface area contributed by atoms with Crippen molar-refractivity contribution in [3.8, 4) is 5.75 Å². The van der Waals surface area contributed by atoms with Crippen LogP contribution in [0.15, 0.2) is 70.7 Å². The van der Waals surface area contributed by atoms with E-state index in [1.54, 1.807) is 12.1 Å². The summed E-state index contributed by atoms with van der Waals surface area (Å²) in [5, 5.41) is 13.5. The van der Waals surface area contributed by atoms with Gasteiger partial charge >= 0.3 is 0 Å². The van der Waals surface area contributed by atoms with Crippen molar-refractivity contribution in [2.75, 3.05) is 43.4 Å². The van der Waals surface area contributed by atoms with Crippen LogP contribution in [-0.4, -0.2) is 64.4 Å². The summed E-state index contributed by atoms with van der Waals surface area (Å²) in [5.41, 5.74) is 8.26. The number of hydrazine groups is 1. The molecule has 0 aliphatic carbocycles. The molecule has 1 atom stereocenters. The highest BCUT2D eigenvalue weighted by Crippen LogP contribution is 2.27. The third-order valence-electron chi connectivity index (χ3n) is 5.50. The monoisotopic (exact) mass is 462 g/mol. The first-order valence-electron chi connectivity index (χ1n) is 10.8. The van der Waals surface area contributed by atoms with Gasteiger partial charge in [-0.1, -0.05) is 18.2 Å². The van der Waals surface area contributed by atoms with Gasteiger partial charge in [-0.3, -0.25) is 0 Å². The zero-order chi connectivity index (χ0) is 22.6. The van der Waals surface area contributed by atoms with E-state index in [4.69, 9.17) is 9.97 Å². The van der Waals surface area contributed by atoms with Crippen LogP contribution in [0.2, 0.25) is 0 Å². The second kappa shape index (κ2) is 9.65. The first-order chi connectivity index (χ1) is 16.1. The van der Waals surface area contributed by atoms with E-state index in [0.717, 1.165) is 42.3 Å². The highest BCUT2D eigenvalue weighted by Gasteiger charge is 2.21. The SMILES string of the molecule is CN1CCN(c2nc(NC3C=C(c4ccc(O)cc4)NN3)nc(Sc3ccccc3)n2)CC1. The van der Waals surface area contributed by atoms with Gasteiger partial charge in [-0.05, 0) is 66.8 Å². The molecule has 2 aliphatic rings. The molecule has 3 aromatic rings. The number of phenolic OH excluding ortho intramolecular Hbond substituents is 1. The smallest absolute Gasteiger partial charge is 0.231 e. The maximum Gasteiger partial charge on any atom is 0.231 e. The Morgan fingerprint density at radius 3 is 2.48 bits per heavy atom. The van der Waals surface area contributed by atoms with Crippen molar-refractivity contribution in [3.63, 3.8) is 0 Å². The molecule has 3 heterocycles. The Kier molecular flexibility index (Phi) is 6.29. The maximum atomic E-state index is 9.53. The van der Waals surface area contributed by atoms with Gasteiger partial charge in [-0.25, -0.2) is 5.43 Å². The Balaban J connectivity index is 1.38. The highest BCUT2D eigenvalue weighted by molar-refractivity contribution is 7.99. The van der Waals surface area contributed by atoms with Crippen molar-refractivity contribution in [2.45, 2.75) is 16.2 Å². The fraction of sp³-hybridized carbons (Fsp3) is 0.261. The fourth-order valence-corrected chi connectivity index (χ4v) is 4.39. The number of hydrogen-bond acceptors (Lipinski definition) is 10. The van der Waals surface area contributed by atoms with Crippen LogP contribution in [-0.2, 0) is 0 Å². The second-order valence-corrected chi connectivity index (χ2v) is 9.01. The molecule has 0 spiro atoms. The molecule has 5 rings (SSSR count). The minimum absolute atomic E-state index is 0.203. The van der Waals surface area contributed by atoms with Crippen molar-refractivity contribution >= 4 is 29.4 Å². The summed E-state index contributed by atoms with van der Waals surface area (Å²) in [6.07, 6.45) is 1.82. The third-order valence-corrected chi connectivity index (χ3v) is 6.37. The molecule has 0 bridgehead atoms. The van der Waals surface area contributed by atoms with E-state index in [2.05, 4.69) is 38.0 Å². The van der Waals surface area contributed by atoms with Crippen LogP contribution >= 0.6 is 11.8 Å². The average molecular weight is 463 g/mol. The van der Waals surface area contributed by atoms with E-state index in [-0.39, 0.29) is 11.9 Å². The third kappa shape index (κ3) is 5.36. The number of nitrogens with zero attached hydrogens (tertiary/aromatic N) is 5. The summed E-state index contributed by atoms with van der Waals surface area (Å²) in [6, 6.07) is 17.2. The number of hydrogen-bond donors (Lipinski definition) is 4. The van der Waals surface area contributed by atoms with E-state index in [0.29, 0.717) is 17.1 Å². The Morgan fingerprint density at radius 2 is 1.73 bits per heavy atom. The molecule has 170 valence electrons. The van der Waals surface area contributed by atoms with Gasteiger partial charge in [0, 0.05) is 31.1 Å². The van der Waals surface area contributed by atoms with Crippen LogP contribution in [0.4, 0.5) is 11.9 Å². The number of nitrogens with one attached hydrogen (secondary N) is 3. The van der Waals surface area contributed by atoms with Crippen LogP contribution in [0, 0.1) is 0 Å². The summed E-state index contributed by atoms with van der Waals surface area (Å²) in [6.45, 7) is 3.71. The predicted molar refractivity (Wildman–Crippen MR) is 130 cm³/mol. The maximum absolute atomic E-state index is 9.53. The Hall–Kier alpha value is -3.34. The second-order valence-electron chi connectivity index (χ2n) is 7.97. The lowest BCUT2D eigenvalue weighted by Crippen LogP contribution is -2.45. The van der Waals surface area contributed by atoms with Crippen molar-refractivity contribution in [2.24, 2.45) is 0 Å². The van der Waals surface area contributed by atoms with Gasteiger partial charge in [-0.15, -0.1) is 0 Å². The molecule has 1 saturated heterocycles. The largest absolute Gasteiger partial charge is 0.508 e. The summed E-state index contributed by atoms with van der Waals surface area (Å²) in [5.74, 6) is 1.44. The number of piperazine rings is 1. The molecular weight excluding hydrogens is 436 g/mol. The van der Waals surface area contributed by atoms with E-state index in [1.807, 2.05) is 48.5 Å². The van der Waals surface area contributed by atoms with Gasteiger partial charge in [0.1, 0.15) is 11.9 Å². The number of likely N-dealkylation sites (N-methyl/N-ethyl adjacent to an activating group) is 1. The number of aromatic nitrogens is 3. The van der Waals surface area contributed by atoms with E-state index < -0.39 is 0 Å². The number of benzene rings is 2. The van der Waals surface area contributed by atoms with Crippen molar-refractivity contribution < 1.29 is 5.11 Å². The van der Waals surface area contributed by atoms with E-state index in [9.17, 15) is 5.11 Å². The van der Waals surface area contributed by atoms with Crippen molar-refractivity contribution in [3.05, 3.63) is 66.2 Å². The minimum Gasteiger partial charge on any atom is -0.508 e. The molecule has 9 nitrogen and oxygen atoms in total. The average Bonchev–Trinajstić information content (AvgIpc) is 3.29. The zero-order valence-electron chi connectivity index (χ0n) is 18.3. The Labute approximate surface area is 196 Å². The molecule has 1 aromatic heterocycles. The summed E-state index contributed by atoms with van der Waals surface area (Å²) in [4.78, 5) is 19.7. The fourth-order valence-electron chi connectivity index (χ4n) is 3.63. The summed E-state index contributed by atoms with van der Waals surface area (Å²) >= 11 is 1.52. The molecule has 0 saturated carbocycles. The van der Waals surface area contributed by atoms with Crippen molar-refractivity contribution in [1.29, 1.82) is 0 Å². The Bertz CT molecular complexity index is 1120. The molecule has 2 aliphatic heterocycles. The number of anilines is 2. The molecular formula is C23H26N8OS. The van der Waals surface area contributed by atoms with Gasteiger partial charge in [0.2, 0.25) is 11.9 Å². The molecule has 4 N–H and O–H groups in total. The summed E-state index contributed by atoms with van der Waals surface area (Å²) in [7, 11) is 2.13. The van der Waals surface area contributed by atoms with Gasteiger partial charge in [0.25, 0.3) is 0 Å². The lowest BCUT2D eigenvalue weighted by Gasteiger charge is -2.32. The van der Waals surface area contributed by atoms with Crippen molar-refractivity contribution in [1.82, 2.24) is 30.7 Å². The van der Waals surface area contributed by atoms with Crippen LogP contribution in [0.25, 0.3) is 5.70 Å². The number of phenols is 1. The van der Waals surface area contributed by atoms with Gasteiger partial charge in [0.15, 0.2) is 5.16 Å². The van der Waals surface area contributed by atoms with E-state index in [1.165, 1.54) is 11.8 Å². The highest BCUT2D eigenvalue weighted by atomic mass is 32.2. The number of rotatable bonds is 6. The van der Waals surface area contributed by atoms with Gasteiger partial charge in [0.05, 0.1) is 5.70 Å². The molecule has 1 fully saturated rings. The quantitative estimate of drug-likeness (QED) is 0.437. The van der Waals surface area contributed by atoms with Crippen LogP contribution in [0.3, 0.4) is 0 Å². The van der Waals surface area contributed by atoms with Gasteiger partial charge < -0.3 is 25.6 Å². The minimum atomic E-state index is -0.203. The first-order valence-corrected chi connectivity index (χ1v) is 11.7. The van der Waals surface area contributed by atoms with E-state index >= 15 is 0 Å². The summed E-state index contributed by atoms with van der Waals surface area (Å²) < 4.78 is 0. The van der Waals surface area contributed by atoms with Crippen LogP contribution < -0.4 is 21.1 Å². The standard InChI is InChI=1S/C23H26N8OS/c1-30-11-13-31(14-12-30)22-25-21(26-23(27-22)33-18-5-3-2-4-6-18)24-20-15-19(28-29-20)16-7-9-17(32)10-8-16/h2-10,15,20,28-29,32H,11-14H2,1H3,(H,24,25,26,27). The zero-order valence-corrected chi connectivity index (χ0v) is 19.1. The molecule has 10 heteroatoms. The first kappa shape index (κ1) is 21.5. The molecule has 1 unspecified atom stereocenters. The normalized spacial score (nSPS) is 18.6. The lowest BCUT2D eigenvalue weighted by atomic mass is 10.1. The topological polar surface area (TPSA) is 101 Å².